The van der Waals surface area contributed by atoms with Crippen LogP contribution in [-0.2, 0) is 5.88 Å². The van der Waals surface area contributed by atoms with Crippen molar-refractivity contribution in [2.45, 2.75) is 12.3 Å². The molecule has 0 radical (unpaired) electrons. The molecule has 8 heteroatoms. The molecule has 0 unspecified atom stereocenters. The molecular formula is C7H6ClF2N3O2. The SMILES string of the molecule is Nc1c(C(F)F)ncc(CCl)c1[N+](=O)[O-]. The van der Waals surface area contributed by atoms with E-state index in [9.17, 15) is 18.9 Å². The summed E-state index contributed by atoms with van der Waals surface area (Å²) in [6, 6.07) is 0. The van der Waals surface area contributed by atoms with Crippen LogP contribution in [0.25, 0.3) is 0 Å². The summed E-state index contributed by atoms with van der Waals surface area (Å²) in [5.41, 5.74) is 3.21. The molecule has 0 spiro atoms. The second-order valence-corrected chi connectivity index (χ2v) is 2.89. The van der Waals surface area contributed by atoms with Crippen LogP contribution in [-0.4, -0.2) is 9.91 Å². The summed E-state index contributed by atoms with van der Waals surface area (Å²) in [6.07, 6.45) is -2.02. The molecule has 1 rings (SSSR count). The predicted molar refractivity (Wildman–Crippen MR) is 49.8 cm³/mol. The molecule has 0 amide bonds. The van der Waals surface area contributed by atoms with Gasteiger partial charge in [-0.3, -0.25) is 15.1 Å². The minimum atomic E-state index is -2.95. The van der Waals surface area contributed by atoms with Gasteiger partial charge in [0, 0.05) is 6.20 Å². The van der Waals surface area contributed by atoms with Crippen LogP contribution in [0.3, 0.4) is 0 Å². The Bertz CT molecular complexity index is 400. The van der Waals surface area contributed by atoms with E-state index < -0.39 is 28.4 Å². The average Bonchev–Trinajstić information content (AvgIpc) is 2.15. The Labute approximate surface area is 88.0 Å². The largest absolute Gasteiger partial charge is 0.391 e. The molecule has 1 heterocycles. The summed E-state index contributed by atoms with van der Waals surface area (Å²) in [5, 5.41) is 10.6. The van der Waals surface area contributed by atoms with Gasteiger partial charge >= 0.3 is 0 Å². The maximum Gasteiger partial charge on any atom is 0.300 e. The van der Waals surface area contributed by atoms with Crippen molar-refractivity contribution in [3.8, 4) is 0 Å². The second-order valence-electron chi connectivity index (χ2n) is 2.62. The van der Waals surface area contributed by atoms with Crippen LogP contribution < -0.4 is 5.73 Å². The minimum absolute atomic E-state index is 0.0172. The van der Waals surface area contributed by atoms with E-state index in [0.29, 0.717) is 0 Å². The molecule has 0 fully saturated rings. The van der Waals surface area contributed by atoms with Crippen LogP contribution in [0.5, 0.6) is 0 Å². The van der Waals surface area contributed by atoms with Crippen LogP contribution in [0.2, 0.25) is 0 Å². The topological polar surface area (TPSA) is 82.0 Å². The van der Waals surface area contributed by atoms with Crippen molar-refractivity contribution in [1.29, 1.82) is 0 Å². The zero-order valence-corrected chi connectivity index (χ0v) is 8.04. The summed E-state index contributed by atoms with van der Waals surface area (Å²) in [6.45, 7) is 0. The van der Waals surface area contributed by atoms with Gasteiger partial charge in [-0.2, -0.15) is 0 Å². The van der Waals surface area contributed by atoms with E-state index in [1.807, 2.05) is 0 Å². The van der Waals surface area contributed by atoms with E-state index in [4.69, 9.17) is 17.3 Å². The Kier molecular flexibility index (Phi) is 3.35. The Morgan fingerprint density at radius 2 is 2.27 bits per heavy atom. The Morgan fingerprint density at radius 1 is 1.67 bits per heavy atom. The first kappa shape index (κ1) is 11.6. The van der Waals surface area contributed by atoms with E-state index in [2.05, 4.69) is 4.98 Å². The first-order chi connectivity index (χ1) is 6.99. The highest BCUT2D eigenvalue weighted by Gasteiger charge is 2.25. The van der Waals surface area contributed by atoms with Crippen molar-refractivity contribution in [2.24, 2.45) is 0 Å². The molecule has 0 saturated heterocycles. The highest BCUT2D eigenvalue weighted by Crippen LogP contribution is 2.33. The van der Waals surface area contributed by atoms with Crippen molar-refractivity contribution >= 4 is 23.0 Å². The van der Waals surface area contributed by atoms with Crippen LogP contribution in [0.15, 0.2) is 6.20 Å². The van der Waals surface area contributed by atoms with E-state index in [1.165, 1.54) is 0 Å². The van der Waals surface area contributed by atoms with Gasteiger partial charge in [-0.15, -0.1) is 11.6 Å². The quantitative estimate of drug-likeness (QED) is 0.497. The second kappa shape index (κ2) is 4.35. The van der Waals surface area contributed by atoms with E-state index >= 15 is 0 Å². The molecular weight excluding hydrogens is 232 g/mol. The molecule has 1 aromatic heterocycles. The Morgan fingerprint density at radius 3 is 2.67 bits per heavy atom. The number of nitrogens with two attached hydrogens (primary N) is 1. The predicted octanol–water partition coefficient (Wildman–Crippen LogP) is 2.25. The maximum atomic E-state index is 12.3. The maximum absolute atomic E-state index is 12.3. The zero-order valence-electron chi connectivity index (χ0n) is 7.28. The number of hydrogen-bond donors (Lipinski definition) is 1. The molecule has 0 aromatic carbocycles. The number of aromatic nitrogens is 1. The van der Waals surface area contributed by atoms with Crippen molar-refractivity contribution in [1.82, 2.24) is 4.98 Å². The van der Waals surface area contributed by atoms with Gasteiger partial charge in [0.2, 0.25) is 0 Å². The summed E-state index contributed by atoms with van der Waals surface area (Å²) in [5.74, 6) is -0.211. The molecule has 82 valence electrons. The monoisotopic (exact) mass is 237 g/mol. The fourth-order valence-electron chi connectivity index (χ4n) is 1.06. The minimum Gasteiger partial charge on any atom is -0.391 e. The van der Waals surface area contributed by atoms with Crippen molar-refractivity contribution in [3.05, 3.63) is 27.6 Å². The fourth-order valence-corrected chi connectivity index (χ4v) is 1.26. The average molecular weight is 238 g/mol. The van der Waals surface area contributed by atoms with Gasteiger partial charge in [0.15, 0.2) is 0 Å². The van der Waals surface area contributed by atoms with Gasteiger partial charge < -0.3 is 5.73 Å². The standard InChI is InChI=1S/C7H6ClF2N3O2/c8-1-3-2-12-5(7(9)10)4(11)6(3)13(14)15/h2,7H,1,11H2. The zero-order chi connectivity index (χ0) is 11.6. The van der Waals surface area contributed by atoms with E-state index in [1.54, 1.807) is 0 Å². The third-order valence-corrected chi connectivity index (χ3v) is 2.02. The lowest BCUT2D eigenvalue weighted by atomic mass is 10.2. The van der Waals surface area contributed by atoms with Crippen LogP contribution in [0.4, 0.5) is 20.2 Å². The number of halogens is 3. The van der Waals surface area contributed by atoms with Crippen LogP contribution in [0, 0.1) is 10.1 Å². The summed E-state index contributed by atoms with van der Waals surface area (Å²) < 4.78 is 24.6. The normalized spacial score (nSPS) is 10.7. The lowest BCUT2D eigenvalue weighted by Crippen LogP contribution is -2.06. The Hall–Kier alpha value is -1.50. The van der Waals surface area contributed by atoms with Crippen LogP contribution >= 0.6 is 11.6 Å². The Balaban J connectivity index is 3.42. The molecule has 0 aliphatic carbocycles. The number of nitrogens with zero attached hydrogens (tertiary/aromatic N) is 2. The summed E-state index contributed by atoms with van der Waals surface area (Å²) in [4.78, 5) is 13.1. The van der Waals surface area contributed by atoms with Gasteiger partial charge in [0.05, 0.1) is 16.4 Å². The first-order valence-electron chi connectivity index (χ1n) is 3.74. The molecule has 0 aliphatic rings. The molecule has 2 N–H and O–H groups in total. The molecule has 5 nitrogen and oxygen atoms in total. The lowest BCUT2D eigenvalue weighted by molar-refractivity contribution is -0.384. The van der Waals surface area contributed by atoms with E-state index in [0.717, 1.165) is 6.20 Å². The van der Waals surface area contributed by atoms with Crippen molar-refractivity contribution < 1.29 is 13.7 Å². The number of alkyl halides is 3. The highest BCUT2D eigenvalue weighted by atomic mass is 35.5. The molecule has 15 heavy (non-hydrogen) atoms. The van der Waals surface area contributed by atoms with Crippen molar-refractivity contribution in [3.63, 3.8) is 0 Å². The number of pyridine rings is 1. The summed E-state index contributed by atoms with van der Waals surface area (Å²) >= 11 is 5.39. The van der Waals surface area contributed by atoms with Gasteiger partial charge in [0.1, 0.15) is 11.4 Å². The third-order valence-electron chi connectivity index (χ3n) is 1.73. The molecule has 0 saturated carbocycles. The number of rotatable bonds is 3. The van der Waals surface area contributed by atoms with Gasteiger partial charge in [-0.05, 0) is 0 Å². The number of nitrogen functional groups attached to an aromatic ring is 1. The van der Waals surface area contributed by atoms with E-state index in [-0.39, 0.29) is 11.4 Å². The molecule has 0 aliphatic heterocycles. The van der Waals surface area contributed by atoms with Gasteiger partial charge in [-0.25, -0.2) is 8.78 Å². The number of nitro groups is 1. The molecule has 0 atom stereocenters. The first-order valence-corrected chi connectivity index (χ1v) is 4.28. The highest BCUT2D eigenvalue weighted by molar-refractivity contribution is 6.17. The third kappa shape index (κ3) is 2.12. The van der Waals surface area contributed by atoms with Crippen LogP contribution in [0.1, 0.15) is 17.7 Å². The van der Waals surface area contributed by atoms with Crippen molar-refractivity contribution in [2.75, 3.05) is 5.73 Å². The number of hydrogen-bond acceptors (Lipinski definition) is 4. The van der Waals surface area contributed by atoms with Gasteiger partial charge in [0.25, 0.3) is 12.1 Å². The summed E-state index contributed by atoms with van der Waals surface area (Å²) in [7, 11) is 0. The molecule has 0 bridgehead atoms. The van der Waals surface area contributed by atoms with Gasteiger partial charge in [-0.1, -0.05) is 0 Å². The lowest BCUT2D eigenvalue weighted by Gasteiger charge is -2.06. The number of anilines is 1. The molecule has 1 aromatic rings. The smallest absolute Gasteiger partial charge is 0.300 e. The fraction of sp³-hybridized carbons (Fsp3) is 0.286.